The lowest BCUT2D eigenvalue weighted by Crippen LogP contribution is -2.22. The van der Waals surface area contributed by atoms with E-state index in [0.29, 0.717) is 19.0 Å². The summed E-state index contributed by atoms with van der Waals surface area (Å²) in [4.78, 5) is 10.9. The third-order valence-electron chi connectivity index (χ3n) is 1.53. The first-order chi connectivity index (χ1) is 6.97. The van der Waals surface area contributed by atoms with Crippen LogP contribution in [0, 0.1) is 0 Å². The summed E-state index contributed by atoms with van der Waals surface area (Å²) in [5.74, 6) is 0.455. The van der Waals surface area contributed by atoms with Gasteiger partial charge in [-0.05, 0) is 20.8 Å². The molecule has 84 valence electrons. The molecular formula is C10H16N2O3. The van der Waals surface area contributed by atoms with Crippen molar-refractivity contribution in [3.05, 3.63) is 22.6 Å². The van der Waals surface area contributed by atoms with Crippen molar-refractivity contribution in [2.75, 3.05) is 13.2 Å². The molecular weight excluding hydrogens is 196 g/mol. The van der Waals surface area contributed by atoms with E-state index in [1.54, 1.807) is 0 Å². The quantitative estimate of drug-likeness (QED) is 0.755. The van der Waals surface area contributed by atoms with Crippen molar-refractivity contribution in [3.8, 4) is 5.75 Å². The van der Waals surface area contributed by atoms with Crippen LogP contribution in [0.1, 0.15) is 20.8 Å². The Morgan fingerprint density at radius 2 is 2.13 bits per heavy atom. The van der Waals surface area contributed by atoms with Gasteiger partial charge in [-0.1, -0.05) is 0 Å². The van der Waals surface area contributed by atoms with Gasteiger partial charge in [0.15, 0.2) is 0 Å². The molecule has 0 radical (unpaired) electrons. The monoisotopic (exact) mass is 212 g/mol. The second-order valence-electron chi connectivity index (χ2n) is 4.09. The van der Waals surface area contributed by atoms with Gasteiger partial charge in [-0.2, -0.15) is 5.10 Å². The van der Waals surface area contributed by atoms with Crippen molar-refractivity contribution in [3.63, 3.8) is 0 Å². The summed E-state index contributed by atoms with van der Waals surface area (Å²) in [5, 5.41) is 5.88. The highest BCUT2D eigenvalue weighted by Gasteiger charge is 2.09. The normalized spacial score (nSPS) is 11.4. The predicted molar refractivity (Wildman–Crippen MR) is 56.1 cm³/mol. The van der Waals surface area contributed by atoms with Gasteiger partial charge in [0, 0.05) is 6.07 Å². The maximum atomic E-state index is 10.9. The average molecular weight is 212 g/mol. The Balaban J connectivity index is 2.29. The van der Waals surface area contributed by atoms with E-state index in [4.69, 9.17) is 9.47 Å². The minimum atomic E-state index is -0.274. The molecule has 0 saturated carbocycles. The summed E-state index contributed by atoms with van der Waals surface area (Å²) >= 11 is 0. The van der Waals surface area contributed by atoms with Crippen LogP contribution in [0.4, 0.5) is 0 Å². The highest BCUT2D eigenvalue weighted by Crippen LogP contribution is 2.07. The van der Waals surface area contributed by atoms with Gasteiger partial charge in [-0.25, -0.2) is 5.10 Å². The molecule has 0 aromatic carbocycles. The summed E-state index contributed by atoms with van der Waals surface area (Å²) in [6.07, 6.45) is 1.46. The van der Waals surface area contributed by atoms with Gasteiger partial charge in [0.25, 0.3) is 5.56 Å². The molecule has 0 amide bonds. The molecule has 5 nitrogen and oxygen atoms in total. The largest absolute Gasteiger partial charge is 0.489 e. The molecule has 0 aliphatic rings. The maximum absolute atomic E-state index is 10.9. The number of H-pyrrole nitrogens is 1. The van der Waals surface area contributed by atoms with Gasteiger partial charge >= 0.3 is 0 Å². The van der Waals surface area contributed by atoms with E-state index in [-0.39, 0.29) is 11.2 Å². The molecule has 1 N–H and O–H groups in total. The summed E-state index contributed by atoms with van der Waals surface area (Å²) < 4.78 is 10.7. The van der Waals surface area contributed by atoms with Crippen LogP contribution < -0.4 is 10.3 Å². The van der Waals surface area contributed by atoms with Crippen LogP contribution in [0.5, 0.6) is 5.75 Å². The fraction of sp³-hybridized carbons (Fsp3) is 0.600. The molecule has 1 heterocycles. The Hall–Kier alpha value is -1.36. The zero-order chi connectivity index (χ0) is 11.3. The van der Waals surface area contributed by atoms with Crippen molar-refractivity contribution < 1.29 is 9.47 Å². The van der Waals surface area contributed by atoms with Gasteiger partial charge in [0.2, 0.25) is 0 Å². The zero-order valence-electron chi connectivity index (χ0n) is 9.24. The molecule has 1 aromatic rings. The molecule has 0 spiro atoms. The van der Waals surface area contributed by atoms with Gasteiger partial charge in [0.05, 0.1) is 18.4 Å². The minimum Gasteiger partial charge on any atom is -0.489 e. The second kappa shape index (κ2) is 4.93. The Kier molecular flexibility index (Phi) is 3.85. The van der Waals surface area contributed by atoms with Crippen LogP contribution in [-0.2, 0) is 4.74 Å². The van der Waals surface area contributed by atoms with Crippen molar-refractivity contribution in [2.24, 2.45) is 0 Å². The molecule has 0 unspecified atom stereocenters. The van der Waals surface area contributed by atoms with E-state index in [1.165, 1.54) is 12.3 Å². The molecule has 1 rings (SSSR count). The average Bonchev–Trinajstić information content (AvgIpc) is 2.11. The number of hydrogen-bond donors (Lipinski definition) is 1. The molecule has 1 aromatic heterocycles. The maximum Gasteiger partial charge on any atom is 0.267 e. The lowest BCUT2D eigenvalue weighted by molar-refractivity contribution is -0.0163. The van der Waals surface area contributed by atoms with Gasteiger partial charge in [-0.15, -0.1) is 0 Å². The Bertz CT molecular complexity index is 354. The van der Waals surface area contributed by atoms with Gasteiger partial charge in [0.1, 0.15) is 12.4 Å². The first-order valence-corrected chi connectivity index (χ1v) is 4.79. The summed E-state index contributed by atoms with van der Waals surface area (Å²) in [6, 6.07) is 1.35. The van der Waals surface area contributed by atoms with Crippen LogP contribution in [0.2, 0.25) is 0 Å². The number of aromatic nitrogens is 2. The summed E-state index contributed by atoms with van der Waals surface area (Å²) in [7, 11) is 0. The van der Waals surface area contributed by atoms with E-state index >= 15 is 0 Å². The fourth-order valence-electron chi connectivity index (χ4n) is 0.945. The number of aromatic amines is 1. The van der Waals surface area contributed by atoms with Crippen molar-refractivity contribution in [1.82, 2.24) is 10.2 Å². The fourth-order valence-corrected chi connectivity index (χ4v) is 0.945. The van der Waals surface area contributed by atoms with E-state index in [0.717, 1.165) is 0 Å². The van der Waals surface area contributed by atoms with E-state index < -0.39 is 0 Å². The Labute approximate surface area is 88.4 Å². The van der Waals surface area contributed by atoms with Gasteiger partial charge < -0.3 is 9.47 Å². The van der Waals surface area contributed by atoms with Crippen LogP contribution in [0.25, 0.3) is 0 Å². The SMILES string of the molecule is CC(C)(C)OCCOc1cn[nH]c(=O)c1. The van der Waals surface area contributed by atoms with Crippen LogP contribution >= 0.6 is 0 Å². The highest BCUT2D eigenvalue weighted by atomic mass is 16.5. The van der Waals surface area contributed by atoms with Crippen LogP contribution in [0.15, 0.2) is 17.1 Å². The molecule has 0 aliphatic heterocycles. The number of hydrogen-bond acceptors (Lipinski definition) is 4. The second-order valence-corrected chi connectivity index (χ2v) is 4.09. The predicted octanol–water partition coefficient (Wildman–Crippen LogP) is 0.964. The van der Waals surface area contributed by atoms with Crippen molar-refractivity contribution in [2.45, 2.75) is 26.4 Å². The third-order valence-corrected chi connectivity index (χ3v) is 1.53. The molecule has 0 aliphatic carbocycles. The molecule has 0 fully saturated rings. The first kappa shape index (κ1) is 11.7. The van der Waals surface area contributed by atoms with E-state index in [9.17, 15) is 4.79 Å². The van der Waals surface area contributed by atoms with Gasteiger partial charge in [-0.3, -0.25) is 4.79 Å². The molecule has 0 atom stereocenters. The number of ether oxygens (including phenoxy) is 2. The molecule has 15 heavy (non-hydrogen) atoms. The standard InChI is InChI=1S/C10H16N2O3/c1-10(2,3)15-5-4-14-8-6-9(13)12-11-7-8/h6-7H,4-5H2,1-3H3,(H,12,13). The number of rotatable bonds is 4. The van der Waals surface area contributed by atoms with Crippen LogP contribution in [-0.4, -0.2) is 29.0 Å². The summed E-state index contributed by atoms with van der Waals surface area (Å²) in [5.41, 5.74) is -0.445. The summed E-state index contributed by atoms with van der Waals surface area (Å²) in [6.45, 7) is 6.81. The number of nitrogens with zero attached hydrogens (tertiary/aromatic N) is 1. The number of nitrogens with one attached hydrogen (secondary N) is 1. The lowest BCUT2D eigenvalue weighted by atomic mass is 10.2. The van der Waals surface area contributed by atoms with E-state index in [1.807, 2.05) is 20.8 Å². The molecule has 0 saturated heterocycles. The topological polar surface area (TPSA) is 64.2 Å². The zero-order valence-corrected chi connectivity index (χ0v) is 9.24. The Morgan fingerprint density at radius 3 is 2.73 bits per heavy atom. The van der Waals surface area contributed by atoms with Crippen LogP contribution in [0.3, 0.4) is 0 Å². The highest BCUT2D eigenvalue weighted by molar-refractivity contribution is 5.12. The Morgan fingerprint density at radius 1 is 1.40 bits per heavy atom. The molecule has 5 heteroatoms. The smallest absolute Gasteiger partial charge is 0.267 e. The van der Waals surface area contributed by atoms with E-state index in [2.05, 4.69) is 10.2 Å². The first-order valence-electron chi connectivity index (χ1n) is 4.79. The minimum absolute atomic E-state index is 0.171. The van der Waals surface area contributed by atoms with Crippen molar-refractivity contribution in [1.29, 1.82) is 0 Å². The lowest BCUT2D eigenvalue weighted by Gasteiger charge is -2.19. The third kappa shape index (κ3) is 5.17. The van der Waals surface area contributed by atoms with Crippen molar-refractivity contribution >= 4 is 0 Å². The molecule has 0 bridgehead atoms.